The first-order valence-electron chi connectivity index (χ1n) is 9.96. The first-order chi connectivity index (χ1) is 14.8. The zero-order valence-electron chi connectivity index (χ0n) is 18.1. The molecule has 2 rings (SSSR count). The summed E-state index contributed by atoms with van der Waals surface area (Å²) in [6, 6.07) is 8.77. The van der Waals surface area contributed by atoms with Crippen molar-refractivity contribution in [1.29, 1.82) is 5.26 Å². The monoisotopic (exact) mass is 443 g/mol. The Balaban J connectivity index is 2.04. The molecule has 1 aromatic carbocycles. The van der Waals surface area contributed by atoms with Crippen molar-refractivity contribution in [3.8, 4) is 6.07 Å². The molecule has 31 heavy (non-hydrogen) atoms. The SMILES string of the molecule is C=CCN(C)c1nc(Nc2ccc(S(=O)(=O)NCCCNC(C)C)cc2)ncc1C#N. The van der Waals surface area contributed by atoms with E-state index in [2.05, 4.69) is 38.0 Å². The molecule has 0 saturated heterocycles. The summed E-state index contributed by atoms with van der Waals surface area (Å²) in [6.07, 6.45) is 3.86. The fourth-order valence-electron chi connectivity index (χ4n) is 2.70. The van der Waals surface area contributed by atoms with Gasteiger partial charge in [0.1, 0.15) is 11.6 Å². The van der Waals surface area contributed by atoms with Gasteiger partial charge in [0.05, 0.1) is 11.1 Å². The van der Waals surface area contributed by atoms with Gasteiger partial charge in [-0.3, -0.25) is 0 Å². The van der Waals surface area contributed by atoms with Crippen molar-refractivity contribution < 1.29 is 8.42 Å². The first-order valence-corrected chi connectivity index (χ1v) is 11.4. The molecule has 3 N–H and O–H groups in total. The number of hydrogen-bond donors (Lipinski definition) is 3. The Bertz CT molecular complexity index is 1020. The summed E-state index contributed by atoms with van der Waals surface area (Å²) in [4.78, 5) is 10.5. The molecule has 166 valence electrons. The topological polar surface area (TPSA) is 123 Å². The minimum Gasteiger partial charge on any atom is -0.355 e. The van der Waals surface area contributed by atoms with Crippen LogP contribution in [-0.2, 0) is 10.0 Å². The van der Waals surface area contributed by atoms with Crippen molar-refractivity contribution in [2.45, 2.75) is 31.2 Å². The molecule has 0 amide bonds. The molecule has 0 radical (unpaired) electrons. The number of nitrogens with zero attached hydrogens (tertiary/aromatic N) is 4. The quantitative estimate of drug-likeness (QED) is 0.337. The molecule has 0 aliphatic heterocycles. The van der Waals surface area contributed by atoms with Gasteiger partial charge in [0, 0.05) is 31.9 Å². The van der Waals surface area contributed by atoms with E-state index in [1.54, 1.807) is 30.2 Å². The second-order valence-corrected chi connectivity index (χ2v) is 8.99. The van der Waals surface area contributed by atoms with Crippen LogP contribution in [0.5, 0.6) is 0 Å². The van der Waals surface area contributed by atoms with E-state index >= 15 is 0 Å². The summed E-state index contributed by atoms with van der Waals surface area (Å²) in [5, 5.41) is 15.6. The number of sulfonamides is 1. The smallest absolute Gasteiger partial charge is 0.240 e. The van der Waals surface area contributed by atoms with E-state index in [1.807, 2.05) is 13.8 Å². The second kappa shape index (κ2) is 11.4. The Morgan fingerprint density at radius 3 is 2.58 bits per heavy atom. The summed E-state index contributed by atoms with van der Waals surface area (Å²) in [5.74, 6) is 0.784. The lowest BCUT2D eigenvalue weighted by atomic mass is 10.3. The van der Waals surface area contributed by atoms with Crippen LogP contribution in [0.15, 0.2) is 48.0 Å². The third-order valence-electron chi connectivity index (χ3n) is 4.27. The van der Waals surface area contributed by atoms with Crippen LogP contribution >= 0.6 is 0 Å². The molecule has 1 heterocycles. The number of nitriles is 1. The zero-order chi connectivity index (χ0) is 22.9. The summed E-state index contributed by atoms with van der Waals surface area (Å²) in [6.45, 7) is 9.42. The number of benzene rings is 1. The van der Waals surface area contributed by atoms with Gasteiger partial charge in [-0.15, -0.1) is 6.58 Å². The van der Waals surface area contributed by atoms with E-state index in [0.29, 0.717) is 48.6 Å². The average molecular weight is 444 g/mol. The van der Waals surface area contributed by atoms with Gasteiger partial charge in [-0.25, -0.2) is 18.1 Å². The molecule has 0 saturated carbocycles. The molecule has 10 heteroatoms. The van der Waals surface area contributed by atoms with Crippen LogP contribution in [-0.4, -0.2) is 51.1 Å². The van der Waals surface area contributed by atoms with Crippen molar-refractivity contribution in [3.05, 3.63) is 48.7 Å². The van der Waals surface area contributed by atoms with Crippen LogP contribution in [0.3, 0.4) is 0 Å². The van der Waals surface area contributed by atoms with Gasteiger partial charge in [-0.1, -0.05) is 19.9 Å². The fourth-order valence-corrected chi connectivity index (χ4v) is 3.77. The summed E-state index contributed by atoms with van der Waals surface area (Å²) in [7, 11) is -1.77. The molecule has 2 aromatic rings. The molecule has 9 nitrogen and oxygen atoms in total. The third kappa shape index (κ3) is 7.32. The highest BCUT2D eigenvalue weighted by atomic mass is 32.2. The number of aromatic nitrogens is 2. The number of anilines is 3. The van der Waals surface area contributed by atoms with Gasteiger partial charge in [0.2, 0.25) is 16.0 Å². The van der Waals surface area contributed by atoms with Crippen LogP contribution in [0.4, 0.5) is 17.5 Å². The molecule has 1 aromatic heterocycles. The van der Waals surface area contributed by atoms with Crippen molar-refractivity contribution >= 4 is 27.5 Å². The van der Waals surface area contributed by atoms with Gasteiger partial charge in [0.15, 0.2) is 5.82 Å². The van der Waals surface area contributed by atoms with Gasteiger partial charge in [-0.2, -0.15) is 10.2 Å². The molecule has 0 bridgehead atoms. The highest BCUT2D eigenvalue weighted by molar-refractivity contribution is 7.89. The molecule has 0 atom stereocenters. The lowest BCUT2D eigenvalue weighted by Gasteiger charge is -2.17. The second-order valence-electron chi connectivity index (χ2n) is 7.22. The number of nitrogens with one attached hydrogen (secondary N) is 3. The van der Waals surface area contributed by atoms with E-state index in [9.17, 15) is 13.7 Å². The van der Waals surface area contributed by atoms with E-state index in [-0.39, 0.29) is 4.90 Å². The van der Waals surface area contributed by atoms with E-state index in [1.165, 1.54) is 18.3 Å². The molecule has 0 aliphatic rings. The van der Waals surface area contributed by atoms with Gasteiger partial charge < -0.3 is 15.5 Å². The van der Waals surface area contributed by atoms with Crippen LogP contribution in [0.2, 0.25) is 0 Å². The molecule has 0 unspecified atom stereocenters. The maximum absolute atomic E-state index is 12.4. The first kappa shape index (κ1) is 24.3. The summed E-state index contributed by atoms with van der Waals surface area (Å²) >= 11 is 0. The molecular formula is C21H29N7O2S. The molecule has 0 spiro atoms. The fraction of sp³-hybridized carbons (Fsp3) is 0.381. The Kier molecular flexibility index (Phi) is 8.93. The number of likely N-dealkylation sites (N-methyl/N-ethyl adjacent to an activating group) is 1. The molecule has 0 aliphatic carbocycles. The predicted molar refractivity (Wildman–Crippen MR) is 123 cm³/mol. The molecule has 0 fully saturated rings. The normalized spacial score (nSPS) is 11.2. The lowest BCUT2D eigenvalue weighted by Crippen LogP contribution is -2.29. The third-order valence-corrected chi connectivity index (χ3v) is 5.75. The van der Waals surface area contributed by atoms with Gasteiger partial charge in [-0.05, 0) is 37.2 Å². The minimum atomic E-state index is -3.57. The number of hydrogen-bond acceptors (Lipinski definition) is 8. The largest absolute Gasteiger partial charge is 0.355 e. The highest BCUT2D eigenvalue weighted by Gasteiger charge is 2.14. The van der Waals surface area contributed by atoms with Crippen LogP contribution in [0, 0.1) is 11.3 Å². The Hall–Kier alpha value is -3.00. The van der Waals surface area contributed by atoms with Crippen molar-refractivity contribution in [2.75, 3.05) is 36.9 Å². The van der Waals surface area contributed by atoms with E-state index in [4.69, 9.17) is 0 Å². The van der Waals surface area contributed by atoms with Crippen molar-refractivity contribution in [3.63, 3.8) is 0 Å². The van der Waals surface area contributed by atoms with E-state index < -0.39 is 10.0 Å². The Morgan fingerprint density at radius 2 is 1.97 bits per heavy atom. The van der Waals surface area contributed by atoms with Crippen LogP contribution in [0.1, 0.15) is 25.8 Å². The maximum Gasteiger partial charge on any atom is 0.240 e. The Morgan fingerprint density at radius 1 is 1.26 bits per heavy atom. The standard InChI is InChI=1S/C21H29N7O2S/c1-5-13-28(4)20-17(14-22)15-24-21(27-20)26-18-7-9-19(10-8-18)31(29,30)25-12-6-11-23-16(2)3/h5,7-10,15-16,23,25H,1,6,11-13H2,2-4H3,(H,24,26,27). The van der Waals surface area contributed by atoms with Crippen LogP contribution in [0.25, 0.3) is 0 Å². The highest BCUT2D eigenvalue weighted by Crippen LogP contribution is 2.21. The van der Waals surface area contributed by atoms with Crippen LogP contribution < -0.4 is 20.3 Å². The minimum absolute atomic E-state index is 0.182. The maximum atomic E-state index is 12.4. The van der Waals surface area contributed by atoms with Crippen molar-refractivity contribution in [1.82, 2.24) is 20.0 Å². The average Bonchev–Trinajstić information content (AvgIpc) is 2.73. The molecular weight excluding hydrogens is 414 g/mol. The van der Waals surface area contributed by atoms with Gasteiger partial charge >= 0.3 is 0 Å². The van der Waals surface area contributed by atoms with Gasteiger partial charge in [0.25, 0.3) is 0 Å². The number of rotatable bonds is 12. The van der Waals surface area contributed by atoms with Crippen molar-refractivity contribution in [2.24, 2.45) is 0 Å². The van der Waals surface area contributed by atoms with E-state index in [0.717, 1.165) is 6.54 Å². The summed E-state index contributed by atoms with van der Waals surface area (Å²) in [5.41, 5.74) is 0.980. The summed E-state index contributed by atoms with van der Waals surface area (Å²) < 4.78 is 27.5. The lowest BCUT2D eigenvalue weighted by molar-refractivity contribution is 0.554. The zero-order valence-corrected chi connectivity index (χ0v) is 18.9. The predicted octanol–water partition coefficient (Wildman–Crippen LogP) is 2.38. The Labute approximate surface area is 184 Å².